The summed E-state index contributed by atoms with van der Waals surface area (Å²) in [6, 6.07) is 15.8. The molecule has 0 heterocycles. The van der Waals surface area contributed by atoms with Crippen LogP contribution in [0.25, 0.3) is 0 Å². The summed E-state index contributed by atoms with van der Waals surface area (Å²) in [6.45, 7) is 0. The average molecular weight is 287 g/mol. The lowest BCUT2D eigenvalue weighted by Gasteiger charge is -2.03. The molecule has 3 heteroatoms. The molecule has 2 atom stereocenters. The SMILES string of the molecule is COC(=O)c1ccc([C@H]2CC2c2ccc(Cl)cc2)cc1. The highest BCUT2D eigenvalue weighted by molar-refractivity contribution is 6.30. The van der Waals surface area contributed by atoms with Crippen molar-refractivity contribution >= 4 is 17.6 Å². The molecule has 0 amide bonds. The zero-order chi connectivity index (χ0) is 14.1. The van der Waals surface area contributed by atoms with Crippen LogP contribution in [0.3, 0.4) is 0 Å². The summed E-state index contributed by atoms with van der Waals surface area (Å²) in [4.78, 5) is 11.4. The topological polar surface area (TPSA) is 26.3 Å². The van der Waals surface area contributed by atoms with Gasteiger partial charge in [-0.05, 0) is 53.6 Å². The standard InChI is InChI=1S/C17H15ClO2/c1-20-17(19)13-4-2-11(3-5-13)15-10-16(15)12-6-8-14(18)9-7-12/h2-9,15-16H,10H2,1H3/t15-,16?/m1/s1. The lowest BCUT2D eigenvalue weighted by atomic mass is 10.0. The molecule has 102 valence electrons. The molecule has 1 saturated carbocycles. The van der Waals surface area contributed by atoms with Crippen molar-refractivity contribution in [2.75, 3.05) is 7.11 Å². The Bertz CT molecular complexity index is 616. The summed E-state index contributed by atoms with van der Waals surface area (Å²) >= 11 is 5.91. The van der Waals surface area contributed by atoms with E-state index in [1.807, 2.05) is 36.4 Å². The summed E-state index contributed by atoms with van der Waals surface area (Å²) in [6.07, 6.45) is 1.15. The van der Waals surface area contributed by atoms with E-state index in [1.165, 1.54) is 18.2 Å². The number of methoxy groups -OCH3 is 1. The van der Waals surface area contributed by atoms with E-state index in [0.29, 0.717) is 17.4 Å². The third-order valence-corrected chi connectivity index (χ3v) is 4.10. The number of halogens is 1. The van der Waals surface area contributed by atoms with Crippen LogP contribution in [0.4, 0.5) is 0 Å². The predicted octanol–water partition coefficient (Wildman–Crippen LogP) is 4.40. The molecule has 1 unspecified atom stereocenters. The minimum Gasteiger partial charge on any atom is -0.465 e. The minimum absolute atomic E-state index is 0.290. The van der Waals surface area contributed by atoms with Crippen LogP contribution >= 0.6 is 11.6 Å². The zero-order valence-electron chi connectivity index (χ0n) is 11.2. The maximum Gasteiger partial charge on any atom is 0.337 e. The van der Waals surface area contributed by atoms with Gasteiger partial charge in [-0.25, -0.2) is 4.79 Å². The summed E-state index contributed by atoms with van der Waals surface area (Å²) in [7, 11) is 1.40. The van der Waals surface area contributed by atoms with Gasteiger partial charge in [0.05, 0.1) is 12.7 Å². The van der Waals surface area contributed by atoms with Gasteiger partial charge in [0.15, 0.2) is 0 Å². The molecule has 0 spiro atoms. The molecule has 1 fully saturated rings. The number of benzene rings is 2. The number of hydrogen-bond donors (Lipinski definition) is 0. The molecule has 0 bridgehead atoms. The second-order valence-electron chi connectivity index (χ2n) is 5.11. The smallest absolute Gasteiger partial charge is 0.337 e. The molecular formula is C17H15ClO2. The first-order valence-electron chi connectivity index (χ1n) is 6.63. The van der Waals surface area contributed by atoms with Crippen molar-refractivity contribution in [3.05, 3.63) is 70.2 Å². The van der Waals surface area contributed by atoms with E-state index in [0.717, 1.165) is 11.4 Å². The van der Waals surface area contributed by atoms with Crippen LogP contribution in [-0.2, 0) is 4.74 Å². The molecule has 3 rings (SSSR count). The Balaban J connectivity index is 1.73. The Morgan fingerprint density at radius 1 is 1.00 bits per heavy atom. The summed E-state index contributed by atoms with van der Waals surface area (Å²) in [5, 5.41) is 0.772. The number of esters is 1. The van der Waals surface area contributed by atoms with Crippen LogP contribution in [0.5, 0.6) is 0 Å². The molecule has 0 saturated heterocycles. The first-order chi connectivity index (χ1) is 9.69. The molecule has 1 aliphatic carbocycles. The third-order valence-electron chi connectivity index (χ3n) is 3.85. The van der Waals surface area contributed by atoms with Gasteiger partial charge in [0.2, 0.25) is 0 Å². The van der Waals surface area contributed by atoms with Crippen LogP contribution < -0.4 is 0 Å². The van der Waals surface area contributed by atoms with Crippen molar-refractivity contribution in [3.63, 3.8) is 0 Å². The largest absolute Gasteiger partial charge is 0.465 e. The number of carbonyl (C=O) groups is 1. The summed E-state index contributed by atoms with van der Waals surface area (Å²) in [5.41, 5.74) is 3.20. The van der Waals surface area contributed by atoms with Gasteiger partial charge < -0.3 is 4.74 Å². The van der Waals surface area contributed by atoms with Crippen molar-refractivity contribution in [1.82, 2.24) is 0 Å². The van der Waals surface area contributed by atoms with Crippen LogP contribution in [0.1, 0.15) is 39.7 Å². The molecule has 2 nitrogen and oxygen atoms in total. The Morgan fingerprint density at radius 3 is 2.00 bits per heavy atom. The third kappa shape index (κ3) is 2.56. The predicted molar refractivity (Wildman–Crippen MR) is 79.3 cm³/mol. The minimum atomic E-state index is -0.290. The number of rotatable bonds is 3. The first-order valence-corrected chi connectivity index (χ1v) is 7.00. The quantitative estimate of drug-likeness (QED) is 0.782. The zero-order valence-corrected chi connectivity index (χ0v) is 11.9. The van der Waals surface area contributed by atoms with E-state index in [-0.39, 0.29) is 5.97 Å². The molecule has 0 radical (unpaired) electrons. The normalized spacial score (nSPS) is 20.5. The van der Waals surface area contributed by atoms with Crippen molar-refractivity contribution in [1.29, 1.82) is 0 Å². The van der Waals surface area contributed by atoms with Gasteiger partial charge in [-0.2, -0.15) is 0 Å². The fourth-order valence-corrected chi connectivity index (χ4v) is 2.75. The van der Waals surface area contributed by atoms with Gasteiger partial charge in [0.25, 0.3) is 0 Å². The Kier molecular flexibility index (Phi) is 3.49. The van der Waals surface area contributed by atoms with Gasteiger partial charge in [0.1, 0.15) is 0 Å². The van der Waals surface area contributed by atoms with E-state index in [2.05, 4.69) is 12.1 Å². The maximum absolute atomic E-state index is 11.4. The fraction of sp³-hybridized carbons (Fsp3) is 0.235. The molecule has 1 aliphatic rings. The lowest BCUT2D eigenvalue weighted by molar-refractivity contribution is 0.0600. The highest BCUT2D eigenvalue weighted by Gasteiger charge is 2.39. The molecule has 2 aromatic carbocycles. The fourth-order valence-electron chi connectivity index (χ4n) is 2.63. The molecule has 0 aliphatic heterocycles. The average Bonchev–Trinajstić information content (AvgIpc) is 3.28. The molecule has 0 N–H and O–H groups in total. The summed E-state index contributed by atoms with van der Waals surface area (Å²) < 4.78 is 4.70. The lowest BCUT2D eigenvalue weighted by Crippen LogP contribution is -2.00. The van der Waals surface area contributed by atoms with E-state index in [4.69, 9.17) is 16.3 Å². The molecule has 2 aromatic rings. The Morgan fingerprint density at radius 2 is 1.50 bits per heavy atom. The first kappa shape index (κ1) is 13.2. The van der Waals surface area contributed by atoms with Crippen LogP contribution in [0.2, 0.25) is 5.02 Å². The van der Waals surface area contributed by atoms with E-state index >= 15 is 0 Å². The van der Waals surface area contributed by atoms with Gasteiger partial charge in [-0.3, -0.25) is 0 Å². The van der Waals surface area contributed by atoms with E-state index < -0.39 is 0 Å². The van der Waals surface area contributed by atoms with E-state index in [1.54, 1.807) is 0 Å². The molecule has 0 aromatic heterocycles. The number of carbonyl (C=O) groups excluding carboxylic acids is 1. The molecule has 20 heavy (non-hydrogen) atoms. The van der Waals surface area contributed by atoms with Crippen LogP contribution in [-0.4, -0.2) is 13.1 Å². The van der Waals surface area contributed by atoms with Crippen molar-refractivity contribution in [2.24, 2.45) is 0 Å². The number of ether oxygens (including phenoxy) is 1. The maximum atomic E-state index is 11.4. The van der Waals surface area contributed by atoms with Crippen molar-refractivity contribution in [3.8, 4) is 0 Å². The van der Waals surface area contributed by atoms with Gasteiger partial charge in [-0.1, -0.05) is 35.9 Å². The monoisotopic (exact) mass is 286 g/mol. The van der Waals surface area contributed by atoms with Gasteiger partial charge in [-0.15, -0.1) is 0 Å². The number of hydrogen-bond acceptors (Lipinski definition) is 2. The highest BCUT2D eigenvalue weighted by atomic mass is 35.5. The van der Waals surface area contributed by atoms with Crippen LogP contribution in [0, 0.1) is 0 Å². The highest BCUT2D eigenvalue weighted by Crippen LogP contribution is 2.54. The van der Waals surface area contributed by atoms with Crippen molar-refractivity contribution < 1.29 is 9.53 Å². The van der Waals surface area contributed by atoms with Crippen LogP contribution in [0.15, 0.2) is 48.5 Å². The molecular weight excluding hydrogens is 272 g/mol. The van der Waals surface area contributed by atoms with Gasteiger partial charge >= 0.3 is 5.97 Å². The second-order valence-corrected chi connectivity index (χ2v) is 5.55. The Hall–Kier alpha value is -1.80. The van der Waals surface area contributed by atoms with Crippen molar-refractivity contribution in [2.45, 2.75) is 18.3 Å². The second kappa shape index (κ2) is 5.29. The summed E-state index contributed by atoms with van der Waals surface area (Å²) in [5.74, 6) is 0.820. The Labute approximate surface area is 123 Å². The van der Waals surface area contributed by atoms with Gasteiger partial charge in [0, 0.05) is 5.02 Å². The van der Waals surface area contributed by atoms with E-state index in [9.17, 15) is 4.79 Å².